The molecule has 0 bridgehead atoms. The van der Waals surface area contributed by atoms with Gasteiger partial charge in [-0.3, -0.25) is 10.1 Å². The molecule has 98 valence electrons. The van der Waals surface area contributed by atoms with Gasteiger partial charge >= 0.3 is 0 Å². The lowest BCUT2D eigenvalue weighted by Crippen LogP contribution is -2.47. The predicted molar refractivity (Wildman–Crippen MR) is 69.5 cm³/mol. The van der Waals surface area contributed by atoms with Gasteiger partial charge in [0.25, 0.3) is 0 Å². The van der Waals surface area contributed by atoms with Crippen molar-refractivity contribution in [2.24, 2.45) is 11.8 Å². The first kappa shape index (κ1) is 12.9. The van der Waals surface area contributed by atoms with Crippen molar-refractivity contribution >= 4 is 5.91 Å². The van der Waals surface area contributed by atoms with E-state index in [1.807, 2.05) is 0 Å². The van der Waals surface area contributed by atoms with Gasteiger partial charge in [-0.2, -0.15) is 0 Å². The lowest BCUT2D eigenvalue weighted by molar-refractivity contribution is -0.131. The van der Waals surface area contributed by atoms with Gasteiger partial charge in [0.1, 0.15) is 0 Å². The fourth-order valence-corrected chi connectivity index (χ4v) is 3.52. The molecule has 0 spiro atoms. The van der Waals surface area contributed by atoms with Crippen molar-refractivity contribution in [1.29, 1.82) is 0 Å². The van der Waals surface area contributed by atoms with Crippen molar-refractivity contribution < 1.29 is 4.79 Å². The van der Waals surface area contributed by atoms with Gasteiger partial charge in [-0.15, -0.1) is 0 Å². The van der Waals surface area contributed by atoms with Crippen LogP contribution in [0.5, 0.6) is 0 Å². The fourth-order valence-electron chi connectivity index (χ4n) is 3.52. The van der Waals surface area contributed by atoms with Gasteiger partial charge in [-0.05, 0) is 38.0 Å². The highest BCUT2D eigenvalue weighted by Crippen LogP contribution is 2.32. The Balaban J connectivity index is 2.02. The topological polar surface area (TPSA) is 32.3 Å². The quantitative estimate of drug-likeness (QED) is 0.815. The van der Waals surface area contributed by atoms with Crippen LogP contribution in [-0.4, -0.2) is 29.6 Å². The summed E-state index contributed by atoms with van der Waals surface area (Å²) in [4.78, 5) is 14.2. The van der Waals surface area contributed by atoms with E-state index in [1.54, 1.807) is 0 Å². The Kier molecular flexibility index (Phi) is 4.08. The molecule has 0 aromatic carbocycles. The molecule has 0 radical (unpaired) electrons. The maximum absolute atomic E-state index is 12.0. The summed E-state index contributed by atoms with van der Waals surface area (Å²) >= 11 is 0. The van der Waals surface area contributed by atoms with Crippen LogP contribution < -0.4 is 5.32 Å². The SMILES string of the molecule is CC(C)CC(C)N1C(=O)CNC1C1CCCC1. The summed E-state index contributed by atoms with van der Waals surface area (Å²) in [6.07, 6.45) is 6.67. The number of hydrogen-bond donors (Lipinski definition) is 1. The van der Waals surface area contributed by atoms with Crippen LogP contribution >= 0.6 is 0 Å². The Morgan fingerprint density at radius 1 is 1.29 bits per heavy atom. The number of carbonyl (C=O) groups excluding carboxylic acids is 1. The first-order chi connectivity index (χ1) is 8.09. The molecule has 1 amide bonds. The molecule has 1 aliphatic heterocycles. The van der Waals surface area contributed by atoms with E-state index in [4.69, 9.17) is 0 Å². The van der Waals surface area contributed by atoms with Crippen molar-refractivity contribution in [2.75, 3.05) is 6.54 Å². The summed E-state index contributed by atoms with van der Waals surface area (Å²) in [7, 11) is 0. The molecule has 1 N–H and O–H groups in total. The van der Waals surface area contributed by atoms with Gasteiger partial charge < -0.3 is 4.90 Å². The molecular weight excluding hydrogens is 212 g/mol. The molecule has 1 heterocycles. The molecule has 3 heteroatoms. The summed E-state index contributed by atoms with van der Waals surface area (Å²) in [6, 6.07) is 0.378. The third kappa shape index (κ3) is 2.82. The smallest absolute Gasteiger partial charge is 0.238 e. The monoisotopic (exact) mass is 238 g/mol. The normalized spacial score (nSPS) is 28.4. The molecule has 2 aliphatic rings. The molecule has 1 saturated carbocycles. The number of carbonyl (C=O) groups is 1. The third-order valence-electron chi connectivity index (χ3n) is 4.18. The standard InChI is InChI=1S/C14H26N2O/c1-10(2)8-11(3)16-13(17)9-15-14(16)12-6-4-5-7-12/h10-12,14-15H,4-9H2,1-3H3. The van der Waals surface area contributed by atoms with Crippen LogP contribution in [0.25, 0.3) is 0 Å². The summed E-state index contributed by atoms with van der Waals surface area (Å²) in [5.74, 6) is 1.65. The van der Waals surface area contributed by atoms with E-state index in [0.29, 0.717) is 36.5 Å². The summed E-state index contributed by atoms with van der Waals surface area (Å²) < 4.78 is 0. The van der Waals surface area contributed by atoms with E-state index in [1.165, 1.54) is 25.7 Å². The Labute approximate surface area is 105 Å². The van der Waals surface area contributed by atoms with Crippen LogP contribution in [0.15, 0.2) is 0 Å². The summed E-state index contributed by atoms with van der Waals surface area (Å²) in [5, 5.41) is 3.43. The zero-order valence-electron chi connectivity index (χ0n) is 11.4. The second kappa shape index (κ2) is 5.38. The summed E-state index contributed by atoms with van der Waals surface area (Å²) in [5.41, 5.74) is 0. The molecule has 2 atom stereocenters. The lowest BCUT2D eigenvalue weighted by Gasteiger charge is -2.34. The van der Waals surface area contributed by atoms with Crippen molar-refractivity contribution in [2.45, 2.75) is 65.1 Å². The number of rotatable bonds is 4. The second-order valence-electron chi connectivity index (χ2n) is 6.15. The van der Waals surface area contributed by atoms with E-state index >= 15 is 0 Å². The van der Waals surface area contributed by atoms with Gasteiger partial charge in [0, 0.05) is 6.04 Å². The zero-order valence-corrected chi connectivity index (χ0v) is 11.4. The van der Waals surface area contributed by atoms with Gasteiger partial charge in [-0.25, -0.2) is 0 Å². The number of amides is 1. The minimum atomic E-state index is 0.301. The first-order valence-corrected chi connectivity index (χ1v) is 7.14. The Bertz CT molecular complexity index is 271. The van der Waals surface area contributed by atoms with E-state index in [9.17, 15) is 4.79 Å². The van der Waals surface area contributed by atoms with Crippen molar-refractivity contribution in [1.82, 2.24) is 10.2 Å². The Hall–Kier alpha value is -0.570. The highest BCUT2D eigenvalue weighted by atomic mass is 16.2. The molecule has 17 heavy (non-hydrogen) atoms. The maximum Gasteiger partial charge on any atom is 0.238 e. The second-order valence-corrected chi connectivity index (χ2v) is 6.15. The largest absolute Gasteiger partial charge is 0.323 e. The molecule has 1 saturated heterocycles. The van der Waals surface area contributed by atoms with E-state index in [2.05, 4.69) is 31.0 Å². The molecular formula is C14H26N2O. The molecule has 2 unspecified atom stereocenters. The fraction of sp³-hybridized carbons (Fsp3) is 0.929. The van der Waals surface area contributed by atoms with Crippen LogP contribution in [0.1, 0.15) is 52.9 Å². The molecule has 3 nitrogen and oxygen atoms in total. The number of nitrogens with zero attached hydrogens (tertiary/aromatic N) is 1. The van der Waals surface area contributed by atoms with E-state index in [0.717, 1.165) is 6.42 Å². The lowest BCUT2D eigenvalue weighted by atomic mass is 9.99. The van der Waals surface area contributed by atoms with Crippen molar-refractivity contribution in [3.63, 3.8) is 0 Å². The van der Waals surface area contributed by atoms with Crippen LogP contribution in [0.2, 0.25) is 0 Å². The number of hydrogen-bond acceptors (Lipinski definition) is 2. The van der Waals surface area contributed by atoms with Gasteiger partial charge in [-0.1, -0.05) is 26.7 Å². The Morgan fingerprint density at radius 2 is 1.94 bits per heavy atom. The van der Waals surface area contributed by atoms with Crippen LogP contribution in [0.3, 0.4) is 0 Å². The molecule has 0 aromatic heterocycles. The van der Waals surface area contributed by atoms with Gasteiger partial charge in [0.05, 0.1) is 12.7 Å². The minimum Gasteiger partial charge on any atom is -0.323 e. The van der Waals surface area contributed by atoms with Crippen molar-refractivity contribution in [3.8, 4) is 0 Å². The van der Waals surface area contributed by atoms with Crippen molar-refractivity contribution in [3.05, 3.63) is 0 Å². The van der Waals surface area contributed by atoms with Crippen LogP contribution in [0.4, 0.5) is 0 Å². The van der Waals surface area contributed by atoms with Crippen LogP contribution in [0, 0.1) is 11.8 Å². The van der Waals surface area contributed by atoms with Gasteiger partial charge in [0.2, 0.25) is 5.91 Å². The van der Waals surface area contributed by atoms with Crippen LogP contribution in [-0.2, 0) is 4.79 Å². The first-order valence-electron chi connectivity index (χ1n) is 7.14. The average Bonchev–Trinajstić information content (AvgIpc) is 2.84. The summed E-state index contributed by atoms with van der Waals surface area (Å²) in [6.45, 7) is 7.21. The van der Waals surface area contributed by atoms with E-state index < -0.39 is 0 Å². The van der Waals surface area contributed by atoms with Gasteiger partial charge in [0.15, 0.2) is 0 Å². The maximum atomic E-state index is 12.0. The predicted octanol–water partition coefficient (Wildman–Crippen LogP) is 2.37. The minimum absolute atomic E-state index is 0.301. The molecule has 1 aliphatic carbocycles. The molecule has 2 fully saturated rings. The number of nitrogens with one attached hydrogen (secondary N) is 1. The van der Waals surface area contributed by atoms with E-state index in [-0.39, 0.29) is 0 Å². The zero-order chi connectivity index (χ0) is 12.4. The molecule has 0 aromatic rings. The Morgan fingerprint density at radius 3 is 2.53 bits per heavy atom. The highest BCUT2D eigenvalue weighted by molar-refractivity contribution is 5.81. The third-order valence-corrected chi connectivity index (χ3v) is 4.18. The highest BCUT2D eigenvalue weighted by Gasteiger charge is 2.39. The molecule has 2 rings (SSSR count). The average molecular weight is 238 g/mol.